The van der Waals surface area contributed by atoms with Gasteiger partial charge in [0.1, 0.15) is 0 Å². The summed E-state index contributed by atoms with van der Waals surface area (Å²) >= 11 is 1.45. The third kappa shape index (κ3) is 11.1. The molecule has 0 aliphatic rings. The van der Waals surface area contributed by atoms with Gasteiger partial charge in [0.25, 0.3) is 0 Å². The fourth-order valence-corrected chi connectivity index (χ4v) is 3.81. The van der Waals surface area contributed by atoms with Crippen LogP contribution in [0.5, 0.6) is 0 Å². The van der Waals surface area contributed by atoms with Crippen molar-refractivity contribution in [1.82, 2.24) is 0 Å². The van der Waals surface area contributed by atoms with E-state index < -0.39 is 5.97 Å². The van der Waals surface area contributed by atoms with Crippen LogP contribution in [-0.4, -0.2) is 16.3 Å². The smallest absolute Gasteiger partial charge is 0.189 e. The minimum Gasteiger partial charge on any atom is -0.550 e. The molecular formula is C18H33O3S-. The van der Waals surface area contributed by atoms with Gasteiger partial charge in [-0.15, -0.1) is 0 Å². The summed E-state index contributed by atoms with van der Waals surface area (Å²) in [6.45, 7) is 6.31. The molecule has 0 amide bonds. The lowest BCUT2D eigenvalue weighted by Gasteiger charge is -2.21. The molecule has 3 nitrogen and oxygen atoms in total. The van der Waals surface area contributed by atoms with Crippen molar-refractivity contribution in [1.29, 1.82) is 0 Å². The maximum Gasteiger partial charge on any atom is 0.189 e. The van der Waals surface area contributed by atoms with E-state index in [4.69, 9.17) is 0 Å². The molecule has 0 bridgehead atoms. The van der Waals surface area contributed by atoms with Crippen LogP contribution in [0.15, 0.2) is 0 Å². The number of hydrogen-bond donors (Lipinski definition) is 0. The van der Waals surface area contributed by atoms with Crippen molar-refractivity contribution >= 4 is 22.8 Å². The van der Waals surface area contributed by atoms with Gasteiger partial charge in [0.05, 0.1) is 0 Å². The Kier molecular flexibility index (Phi) is 13.8. The molecule has 0 N–H and O–H groups in total. The lowest BCUT2D eigenvalue weighted by atomic mass is 9.95. The number of carboxylic acids is 1. The van der Waals surface area contributed by atoms with Gasteiger partial charge in [-0.05, 0) is 38.0 Å². The van der Waals surface area contributed by atoms with Gasteiger partial charge in [0.15, 0.2) is 5.12 Å². The Hall–Kier alpha value is -0.510. The molecule has 0 saturated carbocycles. The van der Waals surface area contributed by atoms with Crippen LogP contribution in [0.1, 0.15) is 91.4 Å². The molecule has 22 heavy (non-hydrogen) atoms. The lowest BCUT2D eigenvalue weighted by Crippen LogP contribution is -2.31. The van der Waals surface area contributed by atoms with Gasteiger partial charge in [-0.3, -0.25) is 4.79 Å². The van der Waals surface area contributed by atoms with E-state index >= 15 is 0 Å². The van der Waals surface area contributed by atoms with Crippen LogP contribution in [0.4, 0.5) is 0 Å². The van der Waals surface area contributed by atoms with Crippen LogP contribution in [0.3, 0.4) is 0 Å². The predicted octanol–water partition coefficient (Wildman–Crippen LogP) is 4.33. The first kappa shape index (κ1) is 21.5. The largest absolute Gasteiger partial charge is 0.550 e. The van der Waals surface area contributed by atoms with Gasteiger partial charge in [0.2, 0.25) is 0 Å². The minimum absolute atomic E-state index is 0.266. The molecule has 130 valence electrons. The summed E-state index contributed by atoms with van der Waals surface area (Å²) in [6, 6.07) is 0. The third-order valence-electron chi connectivity index (χ3n) is 3.97. The van der Waals surface area contributed by atoms with Crippen LogP contribution in [0.2, 0.25) is 0 Å². The summed E-state index contributed by atoms with van der Waals surface area (Å²) in [7, 11) is 0. The van der Waals surface area contributed by atoms with Gasteiger partial charge < -0.3 is 9.90 Å². The first-order chi connectivity index (χ1) is 10.5. The van der Waals surface area contributed by atoms with E-state index in [1.807, 2.05) is 0 Å². The summed E-state index contributed by atoms with van der Waals surface area (Å²) in [5.74, 6) is -1.28. The third-order valence-corrected chi connectivity index (χ3v) is 5.24. The standard InChI is InChI=1S/C18H34O3S/c1-4-7-9-12-17(19)22-16(10-6-3)14-13-15(18(20)21)11-8-5-2/h15-16H,4-14H2,1-3H3,(H,20,21)/p-1. The molecule has 0 rings (SSSR count). The highest BCUT2D eigenvalue weighted by atomic mass is 32.2. The number of carboxylic acid groups (broad SMARTS) is 1. The number of aliphatic carboxylic acids is 1. The van der Waals surface area contributed by atoms with Crippen molar-refractivity contribution in [3.05, 3.63) is 0 Å². The predicted molar refractivity (Wildman–Crippen MR) is 92.7 cm³/mol. The summed E-state index contributed by atoms with van der Waals surface area (Å²) < 4.78 is 0. The first-order valence-corrected chi connectivity index (χ1v) is 9.83. The Morgan fingerprint density at radius 1 is 0.864 bits per heavy atom. The highest BCUT2D eigenvalue weighted by Crippen LogP contribution is 2.27. The lowest BCUT2D eigenvalue weighted by molar-refractivity contribution is -0.312. The molecule has 0 saturated heterocycles. The van der Waals surface area contributed by atoms with Crippen LogP contribution >= 0.6 is 11.8 Å². The normalized spacial score (nSPS) is 13.8. The molecule has 0 aliphatic heterocycles. The fraction of sp³-hybridized carbons (Fsp3) is 0.889. The summed E-state index contributed by atoms with van der Waals surface area (Å²) in [4.78, 5) is 23.2. The maximum absolute atomic E-state index is 12.0. The van der Waals surface area contributed by atoms with Gasteiger partial charge >= 0.3 is 0 Å². The van der Waals surface area contributed by atoms with Crippen LogP contribution in [0, 0.1) is 5.92 Å². The second-order valence-electron chi connectivity index (χ2n) is 6.09. The van der Waals surface area contributed by atoms with Crippen molar-refractivity contribution in [2.24, 2.45) is 5.92 Å². The van der Waals surface area contributed by atoms with E-state index in [2.05, 4.69) is 20.8 Å². The molecule has 2 atom stereocenters. The molecule has 0 aromatic carbocycles. The average molecular weight is 330 g/mol. The molecule has 0 spiro atoms. The maximum atomic E-state index is 12.0. The molecule has 0 heterocycles. The molecule has 0 aromatic heterocycles. The van der Waals surface area contributed by atoms with Gasteiger partial charge in [-0.25, -0.2) is 0 Å². The highest BCUT2D eigenvalue weighted by Gasteiger charge is 2.17. The van der Waals surface area contributed by atoms with Crippen LogP contribution in [0.25, 0.3) is 0 Å². The monoisotopic (exact) mass is 329 g/mol. The van der Waals surface area contributed by atoms with Crippen molar-refractivity contribution in [2.45, 2.75) is 96.7 Å². The molecule has 2 unspecified atom stereocenters. The van der Waals surface area contributed by atoms with E-state index in [0.717, 1.165) is 51.4 Å². The van der Waals surface area contributed by atoms with Crippen molar-refractivity contribution < 1.29 is 14.7 Å². The Labute approximate surface area is 140 Å². The SMILES string of the molecule is CCCCCC(=O)SC(CCC)CCC(CCCC)C(=O)[O-]. The van der Waals surface area contributed by atoms with Gasteiger partial charge in [-0.1, -0.05) is 64.6 Å². The number of rotatable bonds is 14. The fourth-order valence-electron chi connectivity index (χ4n) is 2.57. The molecule has 0 aromatic rings. The summed E-state index contributed by atoms with van der Waals surface area (Å²) in [5.41, 5.74) is 0. The van der Waals surface area contributed by atoms with E-state index in [9.17, 15) is 14.7 Å². The molecule has 4 heteroatoms. The van der Waals surface area contributed by atoms with E-state index in [0.29, 0.717) is 19.3 Å². The summed E-state index contributed by atoms with van der Waals surface area (Å²) in [5, 5.41) is 11.7. The second kappa shape index (κ2) is 14.1. The van der Waals surface area contributed by atoms with Crippen molar-refractivity contribution in [2.75, 3.05) is 0 Å². The number of thioether (sulfide) groups is 1. The van der Waals surface area contributed by atoms with Crippen molar-refractivity contribution in [3.8, 4) is 0 Å². The number of unbranched alkanes of at least 4 members (excludes halogenated alkanes) is 3. The minimum atomic E-state index is -0.928. The zero-order chi connectivity index (χ0) is 16.8. The van der Waals surface area contributed by atoms with Crippen LogP contribution < -0.4 is 5.11 Å². The molecule has 0 aliphatic carbocycles. The van der Waals surface area contributed by atoms with E-state index in [1.165, 1.54) is 11.8 Å². The number of carbonyl (C=O) groups excluding carboxylic acids is 2. The Morgan fingerprint density at radius 2 is 1.55 bits per heavy atom. The number of carbonyl (C=O) groups is 2. The topological polar surface area (TPSA) is 57.2 Å². The quantitative estimate of drug-likeness (QED) is 0.445. The second-order valence-corrected chi connectivity index (χ2v) is 7.45. The molecule has 0 radical (unpaired) electrons. The van der Waals surface area contributed by atoms with E-state index in [-0.39, 0.29) is 16.3 Å². The first-order valence-electron chi connectivity index (χ1n) is 8.95. The van der Waals surface area contributed by atoms with Crippen LogP contribution in [-0.2, 0) is 9.59 Å². The summed E-state index contributed by atoms with van der Waals surface area (Å²) in [6.07, 6.45) is 9.96. The zero-order valence-corrected chi connectivity index (χ0v) is 15.4. The average Bonchev–Trinajstić information content (AvgIpc) is 2.47. The zero-order valence-electron chi connectivity index (χ0n) is 14.6. The van der Waals surface area contributed by atoms with Gasteiger partial charge in [0, 0.05) is 17.6 Å². The molecule has 0 fully saturated rings. The Morgan fingerprint density at radius 3 is 2.09 bits per heavy atom. The highest BCUT2D eigenvalue weighted by molar-refractivity contribution is 8.14. The Bertz CT molecular complexity index is 305. The molecular weight excluding hydrogens is 296 g/mol. The van der Waals surface area contributed by atoms with E-state index in [1.54, 1.807) is 0 Å². The number of hydrogen-bond acceptors (Lipinski definition) is 4. The van der Waals surface area contributed by atoms with Crippen molar-refractivity contribution in [3.63, 3.8) is 0 Å². The Balaban J connectivity index is 4.25. The van der Waals surface area contributed by atoms with Gasteiger partial charge in [-0.2, -0.15) is 0 Å².